The fraction of sp³-hybridized carbons (Fsp3) is 0. The molecule has 0 aliphatic carbocycles. The Morgan fingerprint density at radius 2 is 2.38 bits per heavy atom. The number of aromatic nitrogens is 1. The van der Waals surface area contributed by atoms with Gasteiger partial charge in [-0.2, -0.15) is 0 Å². The molecule has 0 bridgehead atoms. The maximum absolute atomic E-state index is 10.2. The normalized spacial score (nSPS) is 9.85. The molecule has 0 saturated heterocycles. The number of nitrogens with two attached hydrogens (primary N) is 1. The van der Waals surface area contributed by atoms with Crippen LogP contribution in [-0.4, -0.2) is 10.9 Å². The molecule has 0 fully saturated rings. The van der Waals surface area contributed by atoms with Crippen molar-refractivity contribution in [2.75, 3.05) is 5.73 Å². The average Bonchev–Trinajstić information content (AvgIpc) is 2.47. The van der Waals surface area contributed by atoms with Gasteiger partial charge in [0.1, 0.15) is 5.94 Å². The van der Waals surface area contributed by atoms with Crippen molar-refractivity contribution in [2.45, 2.75) is 0 Å². The SMILES string of the molecule is Nc1nc2c(C=C=O)cccc2s1. The highest BCUT2D eigenvalue weighted by Crippen LogP contribution is 2.26. The Hall–Kier alpha value is -1.64. The predicted molar refractivity (Wildman–Crippen MR) is 54.2 cm³/mol. The molecule has 2 aromatic rings. The molecule has 3 nitrogen and oxygen atoms in total. The van der Waals surface area contributed by atoms with Crippen LogP contribution in [0.25, 0.3) is 16.3 Å². The first-order valence-corrected chi connectivity index (χ1v) is 4.49. The average molecular weight is 190 g/mol. The number of rotatable bonds is 1. The van der Waals surface area contributed by atoms with Crippen molar-refractivity contribution >= 4 is 38.7 Å². The lowest BCUT2D eigenvalue weighted by molar-refractivity contribution is 0.570. The van der Waals surface area contributed by atoms with Crippen molar-refractivity contribution < 1.29 is 4.79 Å². The van der Waals surface area contributed by atoms with Crippen molar-refractivity contribution in [2.24, 2.45) is 0 Å². The van der Waals surface area contributed by atoms with E-state index >= 15 is 0 Å². The van der Waals surface area contributed by atoms with E-state index in [1.54, 1.807) is 5.94 Å². The van der Waals surface area contributed by atoms with Crippen LogP contribution in [0.4, 0.5) is 5.13 Å². The minimum Gasteiger partial charge on any atom is -0.375 e. The Bertz CT molecular complexity index is 497. The van der Waals surface area contributed by atoms with Crippen LogP contribution in [0.1, 0.15) is 5.56 Å². The van der Waals surface area contributed by atoms with Gasteiger partial charge in [-0.1, -0.05) is 23.5 Å². The smallest absolute Gasteiger partial charge is 0.181 e. The zero-order chi connectivity index (χ0) is 9.26. The summed E-state index contributed by atoms with van der Waals surface area (Å²) in [6.07, 6.45) is 1.36. The summed E-state index contributed by atoms with van der Waals surface area (Å²) in [7, 11) is 0. The molecule has 4 heteroatoms. The molecular formula is C9H6N2OS. The van der Waals surface area contributed by atoms with Gasteiger partial charge in [0.15, 0.2) is 5.13 Å². The Labute approximate surface area is 78.5 Å². The van der Waals surface area contributed by atoms with Gasteiger partial charge in [-0.15, -0.1) is 0 Å². The second-order valence-electron chi connectivity index (χ2n) is 2.51. The molecular weight excluding hydrogens is 184 g/mol. The van der Waals surface area contributed by atoms with E-state index in [4.69, 9.17) is 5.73 Å². The molecule has 0 saturated carbocycles. The molecule has 2 N–H and O–H groups in total. The number of carbonyl (C=O) groups excluding carboxylic acids is 1. The van der Waals surface area contributed by atoms with Gasteiger partial charge >= 0.3 is 0 Å². The van der Waals surface area contributed by atoms with Crippen molar-refractivity contribution in [1.29, 1.82) is 0 Å². The third-order valence-corrected chi connectivity index (χ3v) is 2.53. The molecule has 0 radical (unpaired) electrons. The number of para-hydroxylation sites is 1. The topological polar surface area (TPSA) is 56.0 Å². The molecule has 0 aliphatic heterocycles. The minimum atomic E-state index is 0.516. The highest BCUT2D eigenvalue weighted by Gasteiger charge is 2.03. The number of fused-ring (bicyclic) bond motifs is 1. The predicted octanol–water partition coefficient (Wildman–Crippen LogP) is 1.72. The zero-order valence-corrected chi connectivity index (χ0v) is 7.47. The first kappa shape index (κ1) is 7.98. The van der Waals surface area contributed by atoms with E-state index in [9.17, 15) is 4.79 Å². The van der Waals surface area contributed by atoms with Gasteiger partial charge in [-0.25, -0.2) is 9.78 Å². The van der Waals surface area contributed by atoms with Gasteiger partial charge in [0.2, 0.25) is 0 Å². The van der Waals surface area contributed by atoms with Crippen LogP contribution in [0.15, 0.2) is 18.2 Å². The lowest BCUT2D eigenvalue weighted by atomic mass is 10.2. The van der Waals surface area contributed by atoms with E-state index in [1.165, 1.54) is 17.4 Å². The minimum absolute atomic E-state index is 0.516. The van der Waals surface area contributed by atoms with Crippen molar-refractivity contribution in [3.05, 3.63) is 23.8 Å². The van der Waals surface area contributed by atoms with Gasteiger partial charge in [0.05, 0.1) is 10.2 Å². The summed E-state index contributed by atoms with van der Waals surface area (Å²) < 4.78 is 0.988. The lowest BCUT2D eigenvalue weighted by Gasteiger charge is -1.90. The molecule has 1 aromatic heterocycles. The summed E-state index contributed by atoms with van der Waals surface area (Å²) in [5, 5.41) is 0.516. The summed E-state index contributed by atoms with van der Waals surface area (Å²) in [6, 6.07) is 5.60. The van der Waals surface area contributed by atoms with Crippen molar-refractivity contribution in [1.82, 2.24) is 4.98 Å². The number of hydrogen-bond acceptors (Lipinski definition) is 4. The third kappa shape index (κ3) is 1.33. The number of anilines is 1. The van der Waals surface area contributed by atoms with Crippen LogP contribution in [-0.2, 0) is 4.79 Å². The summed E-state index contributed by atoms with van der Waals surface area (Å²) in [5.74, 6) is 1.73. The maximum atomic E-state index is 10.2. The first-order valence-electron chi connectivity index (χ1n) is 3.67. The molecule has 1 aromatic carbocycles. The zero-order valence-electron chi connectivity index (χ0n) is 6.65. The van der Waals surface area contributed by atoms with Crippen LogP contribution in [0.2, 0.25) is 0 Å². The van der Waals surface area contributed by atoms with E-state index in [0.29, 0.717) is 5.13 Å². The second kappa shape index (κ2) is 3.01. The van der Waals surface area contributed by atoms with Gasteiger partial charge in [0, 0.05) is 11.6 Å². The number of hydrogen-bond donors (Lipinski definition) is 1. The second-order valence-corrected chi connectivity index (χ2v) is 3.57. The van der Waals surface area contributed by atoms with Crippen LogP contribution in [0.5, 0.6) is 0 Å². The largest absolute Gasteiger partial charge is 0.375 e. The van der Waals surface area contributed by atoms with Crippen LogP contribution in [0.3, 0.4) is 0 Å². The van der Waals surface area contributed by atoms with Crippen molar-refractivity contribution in [3.8, 4) is 0 Å². The van der Waals surface area contributed by atoms with Gasteiger partial charge in [-0.05, 0) is 6.07 Å². The summed E-state index contributed by atoms with van der Waals surface area (Å²) in [5.41, 5.74) is 7.09. The van der Waals surface area contributed by atoms with E-state index < -0.39 is 0 Å². The maximum Gasteiger partial charge on any atom is 0.181 e. The van der Waals surface area contributed by atoms with Crippen LogP contribution in [0, 0.1) is 0 Å². The summed E-state index contributed by atoms with van der Waals surface area (Å²) >= 11 is 1.41. The molecule has 0 amide bonds. The number of benzene rings is 1. The number of nitrogen functional groups attached to an aromatic ring is 1. The molecule has 0 atom stereocenters. The fourth-order valence-electron chi connectivity index (χ4n) is 1.17. The molecule has 13 heavy (non-hydrogen) atoms. The highest BCUT2D eigenvalue weighted by molar-refractivity contribution is 7.22. The van der Waals surface area contributed by atoms with E-state index in [0.717, 1.165) is 15.8 Å². The van der Waals surface area contributed by atoms with E-state index in [2.05, 4.69) is 4.98 Å². The van der Waals surface area contributed by atoms with Crippen LogP contribution < -0.4 is 5.73 Å². The third-order valence-electron chi connectivity index (χ3n) is 1.68. The lowest BCUT2D eigenvalue weighted by Crippen LogP contribution is -1.81. The number of thiazole rings is 1. The molecule has 0 aliphatic rings. The van der Waals surface area contributed by atoms with Crippen LogP contribution >= 0.6 is 11.3 Å². The van der Waals surface area contributed by atoms with E-state index in [1.807, 2.05) is 18.2 Å². The number of nitrogens with zero attached hydrogens (tertiary/aromatic N) is 1. The molecule has 0 unspecified atom stereocenters. The molecule has 0 spiro atoms. The Morgan fingerprint density at radius 1 is 1.54 bits per heavy atom. The Morgan fingerprint density at radius 3 is 3.15 bits per heavy atom. The quantitative estimate of drug-likeness (QED) is 0.696. The summed E-state index contributed by atoms with van der Waals surface area (Å²) in [6.45, 7) is 0. The van der Waals surface area contributed by atoms with Crippen molar-refractivity contribution in [3.63, 3.8) is 0 Å². The molecule has 64 valence electrons. The molecule has 2 rings (SSSR count). The Kier molecular flexibility index (Phi) is 1.85. The monoisotopic (exact) mass is 190 g/mol. The highest BCUT2D eigenvalue weighted by atomic mass is 32.1. The first-order chi connectivity index (χ1) is 6.31. The Balaban J connectivity index is 2.81. The summed E-state index contributed by atoms with van der Waals surface area (Å²) in [4.78, 5) is 14.3. The van der Waals surface area contributed by atoms with Gasteiger partial charge in [0.25, 0.3) is 0 Å². The molecule has 1 heterocycles. The van der Waals surface area contributed by atoms with Gasteiger partial charge in [-0.3, -0.25) is 0 Å². The fourth-order valence-corrected chi connectivity index (χ4v) is 1.94. The van der Waals surface area contributed by atoms with E-state index in [-0.39, 0.29) is 0 Å². The van der Waals surface area contributed by atoms with Gasteiger partial charge < -0.3 is 5.73 Å². The standard InChI is InChI=1S/C9H6N2OS/c10-9-11-8-6(4-5-12)2-1-3-7(8)13-9/h1-4H,(H2,10,11).